The molecule has 1 aromatic carbocycles. The molecule has 1 unspecified atom stereocenters. The molecule has 106 valence electrons. The van der Waals surface area contributed by atoms with Crippen LogP contribution >= 0.6 is 15.9 Å². The van der Waals surface area contributed by atoms with Gasteiger partial charge in [0.15, 0.2) is 5.65 Å². The topological polar surface area (TPSA) is 93.3 Å². The Balaban J connectivity index is 2.00. The van der Waals surface area contributed by atoms with Crippen molar-refractivity contribution < 1.29 is 9.90 Å². The molecule has 0 spiro atoms. The molecule has 3 rings (SSSR count). The maximum Gasteiger partial charge on any atom is 0.312 e. The Bertz CT molecular complexity index is 787. The van der Waals surface area contributed by atoms with Crippen molar-refractivity contribution in [3.63, 3.8) is 0 Å². The highest BCUT2D eigenvalue weighted by Gasteiger charge is 2.24. The fourth-order valence-electron chi connectivity index (χ4n) is 2.11. The smallest absolute Gasteiger partial charge is 0.312 e. The van der Waals surface area contributed by atoms with E-state index in [0.29, 0.717) is 17.8 Å². The summed E-state index contributed by atoms with van der Waals surface area (Å²) in [5.74, 6) is -1.71. The zero-order valence-electron chi connectivity index (χ0n) is 10.7. The second-order valence-corrected chi connectivity index (χ2v) is 5.42. The predicted molar refractivity (Wildman–Crippen MR) is 76.8 cm³/mol. The number of carbonyl (C=O) groups is 1. The minimum atomic E-state index is -0.942. The molecular weight excluding hydrogens is 338 g/mol. The molecule has 0 amide bonds. The lowest BCUT2D eigenvalue weighted by molar-refractivity contribution is -0.138. The second kappa shape index (κ2) is 5.57. The van der Waals surface area contributed by atoms with Gasteiger partial charge in [0, 0.05) is 10.7 Å². The summed E-state index contributed by atoms with van der Waals surface area (Å²) in [6.45, 7) is 0. The van der Waals surface area contributed by atoms with E-state index in [-0.39, 0.29) is 0 Å². The molecule has 3 aromatic rings. The first-order chi connectivity index (χ1) is 10.1. The van der Waals surface area contributed by atoms with Crippen molar-refractivity contribution in [1.82, 2.24) is 25.0 Å². The van der Waals surface area contributed by atoms with Gasteiger partial charge in [-0.2, -0.15) is 4.52 Å². The number of aliphatic carboxylic acids is 1. The number of tetrazole rings is 1. The summed E-state index contributed by atoms with van der Waals surface area (Å²) in [6.07, 6.45) is 3.31. The van der Waals surface area contributed by atoms with Gasteiger partial charge in [0.05, 0.1) is 11.9 Å². The van der Waals surface area contributed by atoms with E-state index in [1.807, 2.05) is 24.3 Å². The van der Waals surface area contributed by atoms with Crippen LogP contribution < -0.4 is 0 Å². The van der Waals surface area contributed by atoms with Gasteiger partial charge in [-0.15, -0.1) is 5.10 Å². The van der Waals surface area contributed by atoms with Crippen LogP contribution in [0.1, 0.15) is 17.2 Å². The molecule has 8 heteroatoms. The Morgan fingerprint density at radius 3 is 2.76 bits per heavy atom. The van der Waals surface area contributed by atoms with E-state index in [1.165, 1.54) is 16.9 Å². The van der Waals surface area contributed by atoms with Crippen LogP contribution in [0, 0.1) is 0 Å². The molecular formula is C13H10BrN5O2. The maximum absolute atomic E-state index is 11.6. The van der Waals surface area contributed by atoms with E-state index in [9.17, 15) is 9.90 Å². The lowest BCUT2D eigenvalue weighted by Gasteiger charge is -2.13. The predicted octanol–water partition coefficient (Wildman–Crippen LogP) is 1.69. The van der Waals surface area contributed by atoms with Crippen LogP contribution in [0.25, 0.3) is 5.65 Å². The van der Waals surface area contributed by atoms with Gasteiger partial charge < -0.3 is 5.11 Å². The van der Waals surface area contributed by atoms with Crippen LogP contribution in [0.2, 0.25) is 0 Å². The molecule has 0 saturated carbocycles. The summed E-state index contributed by atoms with van der Waals surface area (Å²) < 4.78 is 2.35. The van der Waals surface area contributed by atoms with Gasteiger partial charge in [-0.3, -0.25) is 9.78 Å². The SMILES string of the molecule is O=C(O)C(Cc1ccc(Br)cc1)c1cncc2nnnn12. The number of fused-ring (bicyclic) bond motifs is 1. The number of nitrogens with zero attached hydrogens (tertiary/aromatic N) is 5. The lowest BCUT2D eigenvalue weighted by atomic mass is 9.96. The highest BCUT2D eigenvalue weighted by atomic mass is 79.9. The summed E-state index contributed by atoms with van der Waals surface area (Å²) in [4.78, 5) is 15.6. The van der Waals surface area contributed by atoms with Crippen LogP contribution in [0.5, 0.6) is 0 Å². The average molecular weight is 348 g/mol. The fraction of sp³-hybridized carbons (Fsp3) is 0.154. The first kappa shape index (κ1) is 13.6. The Morgan fingerprint density at radius 2 is 2.05 bits per heavy atom. The second-order valence-electron chi connectivity index (χ2n) is 4.50. The van der Waals surface area contributed by atoms with Gasteiger partial charge in [0.2, 0.25) is 0 Å². The van der Waals surface area contributed by atoms with E-state index in [2.05, 4.69) is 36.4 Å². The molecule has 0 aliphatic rings. The largest absolute Gasteiger partial charge is 0.481 e. The van der Waals surface area contributed by atoms with E-state index in [0.717, 1.165) is 10.0 Å². The number of carboxylic acid groups (broad SMARTS) is 1. The van der Waals surface area contributed by atoms with E-state index in [1.54, 1.807) is 0 Å². The van der Waals surface area contributed by atoms with Crippen molar-refractivity contribution in [1.29, 1.82) is 0 Å². The summed E-state index contributed by atoms with van der Waals surface area (Å²) in [6, 6.07) is 7.52. The van der Waals surface area contributed by atoms with Gasteiger partial charge in [-0.25, -0.2) is 0 Å². The van der Waals surface area contributed by atoms with Crippen LogP contribution in [-0.2, 0) is 11.2 Å². The third-order valence-electron chi connectivity index (χ3n) is 3.14. The van der Waals surface area contributed by atoms with Crippen molar-refractivity contribution in [2.24, 2.45) is 0 Å². The normalized spacial score (nSPS) is 12.4. The quantitative estimate of drug-likeness (QED) is 0.771. The lowest BCUT2D eigenvalue weighted by Crippen LogP contribution is -2.18. The number of hydrogen-bond donors (Lipinski definition) is 1. The third kappa shape index (κ3) is 2.75. The summed E-state index contributed by atoms with van der Waals surface area (Å²) >= 11 is 3.36. The van der Waals surface area contributed by atoms with Crippen LogP contribution in [0.4, 0.5) is 0 Å². The van der Waals surface area contributed by atoms with Crippen LogP contribution in [0.15, 0.2) is 41.1 Å². The van der Waals surface area contributed by atoms with Gasteiger partial charge in [0.1, 0.15) is 5.92 Å². The Kier molecular flexibility index (Phi) is 3.61. The minimum absolute atomic E-state index is 0.337. The van der Waals surface area contributed by atoms with Crippen molar-refractivity contribution in [3.05, 3.63) is 52.4 Å². The maximum atomic E-state index is 11.6. The Morgan fingerprint density at radius 1 is 1.29 bits per heavy atom. The first-order valence-corrected chi connectivity index (χ1v) is 6.93. The average Bonchev–Trinajstić information content (AvgIpc) is 2.95. The van der Waals surface area contributed by atoms with Crippen molar-refractivity contribution >= 4 is 27.5 Å². The first-order valence-electron chi connectivity index (χ1n) is 6.14. The molecule has 2 heterocycles. The molecule has 0 aliphatic heterocycles. The van der Waals surface area contributed by atoms with Crippen molar-refractivity contribution in [3.8, 4) is 0 Å². The Labute approximate surface area is 127 Å². The number of halogens is 1. The third-order valence-corrected chi connectivity index (χ3v) is 3.67. The van der Waals surface area contributed by atoms with Gasteiger partial charge in [-0.05, 0) is 34.5 Å². The molecule has 7 nitrogen and oxygen atoms in total. The highest BCUT2D eigenvalue weighted by molar-refractivity contribution is 9.10. The number of hydrogen-bond acceptors (Lipinski definition) is 5. The molecule has 2 aromatic heterocycles. The summed E-state index contributed by atoms with van der Waals surface area (Å²) in [5.41, 5.74) is 1.79. The zero-order valence-corrected chi connectivity index (χ0v) is 12.3. The van der Waals surface area contributed by atoms with Gasteiger partial charge >= 0.3 is 5.97 Å². The van der Waals surface area contributed by atoms with Crippen molar-refractivity contribution in [2.45, 2.75) is 12.3 Å². The van der Waals surface area contributed by atoms with E-state index in [4.69, 9.17) is 0 Å². The van der Waals surface area contributed by atoms with Crippen LogP contribution in [-0.4, -0.2) is 36.1 Å². The van der Waals surface area contributed by atoms with Crippen LogP contribution in [0.3, 0.4) is 0 Å². The minimum Gasteiger partial charge on any atom is -0.481 e. The number of carboxylic acids is 1. The molecule has 1 N–H and O–H groups in total. The number of benzene rings is 1. The van der Waals surface area contributed by atoms with E-state index < -0.39 is 11.9 Å². The molecule has 0 aliphatic carbocycles. The summed E-state index contributed by atoms with van der Waals surface area (Å²) in [7, 11) is 0. The monoisotopic (exact) mass is 347 g/mol. The van der Waals surface area contributed by atoms with Gasteiger partial charge in [0.25, 0.3) is 0 Å². The van der Waals surface area contributed by atoms with E-state index >= 15 is 0 Å². The standard InChI is InChI=1S/C13H10BrN5O2/c14-9-3-1-8(2-4-9)5-10(13(20)21)11-6-15-7-12-16-17-18-19(11)12/h1-4,6-7,10H,5H2,(H,20,21). The zero-order chi connectivity index (χ0) is 14.8. The molecule has 0 bridgehead atoms. The molecule has 0 saturated heterocycles. The molecule has 0 fully saturated rings. The molecule has 21 heavy (non-hydrogen) atoms. The van der Waals surface area contributed by atoms with Gasteiger partial charge in [-0.1, -0.05) is 28.1 Å². The molecule has 0 radical (unpaired) electrons. The molecule has 1 atom stereocenters. The summed E-state index contributed by atoms with van der Waals surface area (Å²) in [5, 5.41) is 20.7. The fourth-order valence-corrected chi connectivity index (χ4v) is 2.37. The Hall–Kier alpha value is -2.35. The number of rotatable bonds is 4. The van der Waals surface area contributed by atoms with Crippen molar-refractivity contribution in [2.75, 3.05) is 0 Å². The number of aromatic nitrogens is 5. The highest BCUT2D eigenvalue weighted by Crippen LogP contribution is 2.22.